The summed E-state index contributed by atoms with van der Waals surface area (Å²) in [5.41, 5.74) is 2.91. The van der Waals surface area contributed by atoms with Gasteiger partial charge in [0.1, 0.15) is 11.3 Å². The van der Waals surface area contributed by atoms with E-state index in [2.05, 4.69) is 15.6 Å². The monoisotopic (exact) mass is 471 g/mol. The first kappa shape index (κ1) is 21.1. The molecule has 156 valence electrons. The van der Waals surface area contributed by atoms with Gasteiger partial charge in [-0.2, -0.15) is 0 Å². The number of carbonyl (C=O) groups excluding carboxylic acids is 1. The minimum atomic E-state index is -0.399. The van der Waals surface area contributed by atoms with Crippen LogP contribution in [0.5, 0.6) is 5.75 Å². The zero-order chi connectivity index (χ0) is 22.0. The van der Waals surface area contributed by atoms with Crippen molar-refractivity contribution in [3.8, 4) is 17.2 Å². The number of aromatic nitrogens is 1. The Morgan fingerprint density at radius 2 is 1.87 bits per heavy atom. The summed E-state index contributed by atoms with van der Waals surface area (Å²) in [4.78, 5) is 16.9. The molecule has 3 aromatic carbocycles. The van der Waals surface area contributed by atoms with Crippen molar-refractivity contribution in [2.45, 2.75) is 0 Å². The SMILES string of the molecule is COc1ccc(-c2nc3cc(NC(=S)NC(=O)c4ccccc4Cl)ccc3o2)cc1Cl. The minimum absolute atomic E-state index is 0.134. The van der Waals surface area contributed by atoms with E-state index in [1.54, 1.807) is 61.7 Å². The first-order valence-corrected chi connectivity index (χ1v) is 10.2. The third kappa shape index (κ3) is 4.64. The summed E-state index contributed by atoms with van der Waals surface area (Å²) < 4.78 is 11.0. The van der Waals surface area contributed by atoms with E-state index in [1.807, 2.05) is 6.07 Å². The summed E-state index contributed by atoms with van der Waals surface area (Å²) in [6.45, 7) is 0. The summed E-state index contributed by atoms with van der Waals surface area (Å²) in [6.07, 6.45) is 0. The number of nitrogens with one attached hydrogen (secondary N) is 2. The van der Waals surface area contributed by atoms with Crippen LogP contribution in [0.25, 0.3) is 22.6 Å². The molecule has 31 heavy (non-hydrogen) atoms. The highest BCUT2D eigenvalue weighted by molar-refractivity contribution is 7.80. The summed E-state index contributed by atoms with van der Waals surface area (Å²) in [5.74, 6) is 0.593. The molecule has 0 atom stereocenters. The topological polar surface area (TPSA) is 76.4 Å². The van der Waals surface area contributed by atoms with E-state index in [0.717, 1.165) is 5.56 Å². The van der Waals surface area contributed by atoms with Gasteiger partial charge in [-0.25, -0.2) is 4.98 Å². The molecule has 0 saturated heterocycles. The summed E-state index contributed by atoms with van der Waals surface area (Å²) in [5, 5.41) is 6.51. The second-order valence-electron chi connectivity index (χ2n) is 6.44. The Morgan fingerprint density at radius 1 is 1.06 bits per heavy atom. The van der Waals surface area contributed by atoms with Gasteiger partial charge < -0.3 is 14.5 Å². The Hall–Kier alpha value is -3.13. The molecule has 0 radical (unpaired) electrons. The maximum atomic E-state index is 12.3. The first-order chi connectivity index (χ1) is 14.9. The van der Waals surface area contributed by atoms with Gasteiger partial charge in [-0.15, -0.1) is 0 Å². The van der Waals surface area contributed by atoms with Gasteiger partial charge in [-0.3, -0.25) is 10.1 Å². The molecule has 9 heteroatoms. The van der Waals surface area contributed by atoms with Gasteiger partial charge in [-0.1, -0.05) is 35.3 Å². The number of anilines is 1. The number of benzene rings is 3. The summed E-state index contributed by atoms with van der Waals surface area (Å²) in [6, 6.07) is 17.3. The highest BCUT2D eigenvalue weighted by Crippen LogP contribution is 2.32. The Balaban J connectivity index is 1.50. The van der Waals surface area contributed by atoms with Gasteiger partial charge in [-0.05, 0) is 60.7 Å². The van der Waals surface area contributed by atoms with Crippen LogP contribution in [0.3, 0.4) is 0 Å². The van der Waals surface area contributed by atoms with Crippen LogP contribution in [-0.4, -0.2) is 23.1 Å². The number of nitrogens with zero attached hydrogens (tertiary/aromatic N) is 1. The largest absolute Gasteiger partial charge is 0.495 e. The van der Waals surface area contributed by atoms with Crippen LogP contribution < -0.4 is 15.4 Å². The Kier molecular flexibility index (Phi) is 6.08. The van der Waals surface area contributed by atoms with Crippen LogP contribution in [-0.2, 0) is 0 Å². The first-order valence-electron chi connectivity index (χ1n) is 9.06. The maximum absolute atomic E-state index is 12.3. The lowest BCUT2D eigenvalue weighted by molar-refractivity contribution is 0.0978. The molecule has 0 aliphatic carbocycles. The molecule has 2 N–H and O–H groups in total. The van der Waals surface area contributed by atoms with Crippen LogP contribution >= 0.6 is 35.4 Å². The fraction of sp³-hybridized carbons (Fsp3) is 0.0455. The van der Waals surface area contributed by atoms with Gasteiger partial charge in [0.2, 0.25) is 5.89 Å². The highest BCUT2D eigenvalue weighted by Gasteiger charge is 2.13. The van der Waals surface area contributed by atoms with E-state index in [-0.39, 0.29) is 5.11 Å². The normalized spacial score (nSPS) is 10.7. The predicted octanol–water partition coefficient (Wildman–Crippen LogP) is 5.94. The number of oxazole rings is 1. The van der Waals surface area contributed by atoms with Crippen molar-refractivity contribution < 1.29 is 13.9 Å². The predicted molar refractivity (Wildman–Crippen MR) is 126 cm³/mol. The average molecular weight is 472 g/mol. The number of rotatable bonds is 4. The van der Waals surface area contributed by atoms with E-state index >= 15 is 0 Å². The van der Waals surface area contributed by atoms with Crippen molar-refractivity contribution in [3.05, 3.63) is 76.3 Å². The van der Waals surface area contributed by atoms with E-state index < -0.39 is 5.91 Å². The number of hydrogen-bond acceptors (Lipinski definition) is 5. The summed E-state index contributed by atoms with van der Waals surface area (Å²) >= 11 is 17.5. The molecule has 0 spiro atoms. The number of halogens is 2. The van der Waals surface area contributed by atoms with Gasteiger partial charge >= 0.3 is 0 Å². The van der Waals surface area contributed by atoms with Crippen LogP contribution in [0, 0.1) is 0 Å². The molecule has 0 unspecified atom stereocenters. The highest BCUT2D eigenvalue weighted by atomic mass is 35.5. The molecule has 4 rings (SSSR count). The smallest absolute Gasteiger partial charge is 0.258 e. The molecule has 1 aromatic heterocycles. The second-order valence-corrected chi connectivity index (χ2v) is 7.66. The van der Waals surface area contributed by atoms with E-state index in [0.29, 0.717) is 44.0 Å². The van der Waals surface area contributed by atoms with E-state index in [9.17, 15) is 4.79 Å². The number of methoxy groups -OCH3 is 1. The molecule has 0 aliphatic rings. The quantitative estimate of drug-likeness (QED) is 0.358. The molecule has 0 bridgehead atoms. The van der Waals surface area contributed by atoms with Crippen LogP contribution in [0.15, 0.2) is 65.1 Å². The molecule has 1 heterocycles. The van der Waals surface area contributed by atoms with Gasteiger partial charge in [0.25, 0.3) is 5.91 Å². The Morgan fingerprint density at radius 3 is 2.61 bits per heavy atom. The molecule has 0 fully saturated rings. The third-order valence-electron chi connectivity index (χ3n) is 4.39. The fourth-order valence-electron chi connectivity index (χ4n) is 2.91. The molecule has 0 aliphatic heterocycles. The lowest BCUT2D eigenvalue weighted by atomic mass is 10.2. The summed E-state index contributed by atoms with van der Waals surface area (Å²) in [7, 11) is 1.55. The number of carbonyl (C=O) groups is 1. The van der Waals surface area contributed by atoms with Gasteiger partial charge in [0, 0.05) is 11.3 Å². The zero-order valence-electron chi connectivity index (χ0n) is 16.1. The average Bonchev–Trinajstić information content (AvgIpc) is 3.17. The minimum Gasteiger partial charge on any atom is -0.495 e. The van der Waals surface area contributed by atoms with Crippen LogP contribution in [0.1, 0.15) is 10.4 Å². The number of hydrogen-bond donors (Lipinski definition) is 2. The number of thiocarbonyl (C=S) groups is 1. The van der Waals surface area contributed by atoms with Crippen molar-refractivity contribution in [3.63, 3.8) is 0 Å². The lowest BCUT2D eigenvalue weighted by Gasteiger charge is -2.10. The van der Waals surface area contributed by atoms with Crippen LogP contribution in [0.4, 0.5) is 5.69 Å². The maximum Gasteiger partial charge on any atom is 0.258 e. The third-order valence-corrected chi connectivity index (χ3v) is 5.22. The Bertz CT molecular complexity index is 1310. The molecule has 4 aromatic rings. The Labute approximate surface area is 193 Å². The van der Waals surface area contributed by atoms with Crippen molar-refractivity contribution >= 4 is 63.2 Å². The fourth-order valence-corrected chi connectivity index (χ4v) is 3.60. The van der Waals surface area contributed by atoms with Crippen molar-refractivity contribution in [2.75, 3.05) is 12.4 Å². The molecular formula is C22H15Cl2N3O3S. The number of fused-ring (bicyclic) bond motifs is 1. The molecular weight excluding hydrogens is 457 g/mol. The van der Waals surface area contributed by atoms with Gasteiger partial charge in [0.05, 0.1) is 22.7 Å². The van der Waals surface area contributed by atoms with Crippen molar-refractivity contribution in [2.24, 2.45) is 0 Å². The molecule has 6 nitrogen and oxygen atoms in total. The van der Waals surface area contributed by atoms with E-state index in [1.165, 1.54) is 0 Å². The zero-order valence-corrected chi connectivity index (χ0v) is 18.4. The second kappa shape index (κ2) is 8.93. The van der Waals surface area contributed by atoms with Crippen LogP contribution in [0.2, 0.25) is 10.0 Å². The van der Waals surface area contributed by atoms with E-state index in [4.69, 9.17) is 44.6 Å². The number of ether oxygens (including phenoxy) is 1. The molecule has 0 saturated carbocycles. The van der Waals surface area contributed by atoms with Gasteiger partial charge in [0.15, 0.2) is 10.7 Å². The van der Waals surface area contributed by atoms with Crippen molar-refractivity contribution in [1.29, 1.82) is 0 Å². The van der Waals surface area contributed by atoms with Crippen molar-refractivity contribution in [1.82, 2.24) is 10.3 Å². The standard InChI is InChI=1S/C22H15Cl2N3O3S/c1-29-18-8-6-12(10-16(18)24)21-26-17-11-13(7-9-19(17)30-21)25-22(31)27-20(28)14-4-2-3-5-15(14)23/h2-11H,1H3,(H2,25,27,28,31). The molecule has 1 amide bonds. The number of amides is 1. The lowest BCUT2D eigenvalue weighted by Crippen LogP contribution is -2.34.